The summed E-state index contributed by atoms with van der Waals surface area (Å²) in [4.78, 5) is 24.1. The van der Waals surface area contributed by atoms with E-state index >= 15 is 0 Å². The van der Waals surface area contributed by atoms with Crippen molar-refractivity contribution < 1.29 is 9.90 Å². The maximum absolute atomic E-state index is 12.2. The second kappa shape index (κ2) is 5.75. The van der Waals surface area contributed by atoms with E-state index in [4.69, 9.17) is 0 Å². The lowest BCUT2D eigenvalue weighted by Gasteiger charge is -2.36. The maximum Gasteiger partial charge on any atom is 0.277 e. The van der Waals surface area contributed by atoms with Gasteiger partial charge in [0.15, 0.2) is 0 Å². The molecule has 1 amide bonds. The highest BCUT2D eigenvalue weighted by Crippen LogP contribution is 2.30. The monoisotopic (exact) mass is 279 g/mol. The van der Waals surface area contributed by atoms with E-state index in [1.165, 1.54) is 0 Å². The third-order valence-corrected chi connectivity index (χ3v) is 3.95. The highest BCUT2D eigenvalue weighted by Gasteiger charge is 2.35. The van der Waals surface area contributed by atoms with Gasteiger partial charge in [0.1, 0.15) is 5.56 Å². The molecule has 1 aliphatic carbocycles. The van der Waals surface area contributed by atoms with Crippen molar-refractivity contribution in [2.24, 2.45) is 0 Å². The van der Waals surface area contributed by atoms with Crippen LogP contribution in [0.1, 0.15) is 54.7 Å². The first-order chi connectivity index (χ1) is 9.50. The zero-order valence-corrected chi connectivity index (χ0v) is 12.0. The van der Waals surface area contributed by atoms with E-state index in [9.17, 15) is 14.7 Å². The number of aliphatic hydroxyl groups is 1. The predicted octanol–water partition coefficient (Wildman–Crippen LogP) is 0.539. The summed E-state index contributed by atoms with van der Waals surface area (Å²) in [7, 11) is 0. The highest BCUT2D eigenvalue weighted by molar-refractivity contribution is 5.95. The molecule has 6 nitrogen and oxygen atoms in total. The van der Waals surface area contributed by atoms with E-state index in [0.717, 1.165) is 12.1 Å². The van der Waals surface area contributed by atoms with E-state index in [2.05, 4.69) is 15.5 Å². The van der Waals surface area contributed by atoms with Crippen LogP contribution in [-0.4, -0.2) is 33.4 Å². The summed E-state index contributed by atoms with van der Waals surface area (Å²) in [5.74, 6) is -0.430. The molecule has 1 aliphatic rings. The molecule has 0 atom stereocenters. The Labute approximate surface area is 117 Å². The Kier molecular flexibility index (Phi) is 4.23. The van der Waals surface area contributed by atoms with Crippen LogP contribution in [0, 0.1) is 0 Å². The van der Waals surface area contributed by atoms with Gasteiger partial charge >= 0.3 is 0 Å². The quantitative estimate of drug-likeness (QED) is 0.733. The Morgan fingerprint density at radius 1 is 1.40 bits per heavy atom. The van der Waals surface area contributed by atoms with Crippen molar-refractivity contribution in [2.45, 2.75) is 51.6 Å². The number of carbonyl (C=O) groups is 1. The van der Waals surface area contributed by atoms with Crippen LogP contribution in [0.4, 0.5) is 0 Å². The molecule has 0 radical (unpaired) electrons. The second-order valence-electron chi connectivity index (χ2n) is 5.32. The number of carbonyl (C=O) groups excluding carboxylic acids is 1. The summed E-state index contributed by atoms with van der Waals surface area (Å²) in [6.45, 7) is 4.02. The van der Waals surface area contributed by atoms with Gasteiger partial charge in [0.2, 0.25) is 0 Å². The van der Waals surface area contributed by atoms with E-state index in [-0.39, 0.29) is 12.1 Å². The number of amides is 1. The molecule has 1 heterocycles. The fraction of sp³-hybridized carbons (Fsp3) is 0.643. The lowest BCUT2D eigenvalue weighted by molar-refractivity contribution is -0.0300. The molecule has 0 aromatic carbocycles. The smallest absolute Gasteiger partial charge is 0.277 e. The van der Waals surface area contributed by atoms with Crippen molar-refractivity contribution in [3.63, 3.8) is 0 Å². The third kappa shape index (κ3) is 2.75. The van der Waals surface area contributed by atoms with E-state index < -0.39 is 17.1 Å². The fourth-order valence-electron chi connectivity index (χ4n) is 2.53. The molecular formula is C14H21N3O3. The van der Waals surface area contributed by atoms with Crippen LogP contribution < -0.4 is 10.9 Å². The normalized spacial score (nSPS) is 16.6. The molecule has 0 saturated heterocycles. The van der Waals surface area contributed by atoms with Gasteiger partial charge in [-0.2, -0.15) is 5.10 Å². The number of aryl methyl sites for hydroxylation is 1. The fourth-order valence-corrected chi connectivity index (χ4v) is 2.53. The maximum atomic E-state index is 12.2. The van der Waals surface area contributed by atoms with Crippen LogP contribution >= 0.6 is 0 Å². The molecule has 1 saturated carbocycles. The molecule has 110 valence electrons. The van der Waals surface area contributed by atoms with Crippen molar-refractivity contribution >= 4 is 5.91 Å². The van der Waals surface area contributed by atoms with Crippen LogP contribution in [0.25, 0.3) is 0 Å². The Hall–Kier alpha value is -1.69. The van der Waals surface area contributed by atoms with Gasteiger partial charge in [-0.15, -0.1) is 0 Å². The number of aromatic amines is 1. The minimum atomic E-state index is -0.796. The molecule has 1 fully saturated rings. The van der Waals surface area contributed by atoms with Gasteiger partial charge in [0.05, 0.1) is 11.3 Å². The first kappa shape index (κ1) is 14.7. The van der Waals surface area contributed by atoms with Gasteiger partial charge in [-0.05, 0) is 37.7 Å². The molecule has 1 aromatic heterocycles. The number of hydrogen-bond donors (Lipinski definition) is 3. The van der Waals surface area contributed by atoms with Crippen molar-refractivity contribution in [1.82, 2.24) is 15.5 Å². The van der Waals surface area contributed by atoms with Crippen LogP contribution in [0.2, 0.25) is 0 Å². The minimum Gasteiger partial charge on any atom is -0.388 e. The molecule has 6 heteroatoms. The average Bonchev–Trinajstić information content (AvgIpc) is 2.42. The van der Waals surface area contributed by atoms with Gasteiger partial charge in [0.25, 0.3) is 11.5 Å². The number of nitrogens with one attached hydrogen (secondary N) is 2. The first-order valence-electron chi connectivity index (χ1n) is 7.11. The Morgan fingerprint density at radius 3 is 2.60 bits per heavy atom. The van der Waals surface area contributed by atoms with E-state index in [1.54, 1.807) is 0 Å². The van der Waals surface area contributed by atoms with Crippen LogP contribution in [0.5, 0.6) is 0 Å². The average molecular weight is 279 g/mol. The summed E-state index contributed by atoms with van der Waals surface area (Å²) in [6.07, 6.45) is 3.60. The Morgan fingerprint density at radius 2 is 2.10 bits per heavy atom. The SMILES string of the molecule is CCc1n[nH]c(=O)c(C(=O)NCC2(O)CCC2)c1CC. The highest BCUT2D eigenvalue weighted by atomic mass is 16.3. The first-order valence-corrected chi connectivity index (χ1v) is 7.11. The molecule has 2 rings (SSSR count). The summed E-state index contributed by atoms with van der Waals surface area (Å²) in [5, 5.41) is 19.0. The van der Waals surface area contributed by atoms with Gasteiger partial charge < -0.3 is 10.4 Å². The molecule has 1 aromatic rings. The predicted molar refractivity (Wildman–Crippen MR) is 74.7 cm³/mol. The van der Waals surface area contributed by atoms with Crippen molar-refractivity contribution in [3.05, 3.63) is 27.2 Å². The summed E-state index contributed by atoms with van der Waals surface area (Å²) < 4.78 is 0. The van der Waals surface area contributed by atoms with Crippen LogP contribution in [-0.2, 0) is 12.8 Å². The Bertz CT molecular complexity index is 561. The van der Waals surface area contributed by atoms with Crippen molar-refractivity contribution in [1.29, 1.82) is 0 Å². The molecule has 20 heavy (non-hydrogen) atoms. The topological polar surface area (TPSA) is 95.1 Å². The van der Waals surface area contributed by atoms with Gasteiger partial charge in [-0.3, -0.25) is 9.59 Å². The number of H-pyrrole nitrogens is 1. The number of aromatic nitrogens is 2. The molecule has 0 aliphatic heterocycles. The third-order valence-electron chi connectivity index (χ3n) is 3.95. The van der Waals surface area contributed by atoms with Crippen molar-refractivity contribution in [3.8, 4) is 0 Å². The second-order valence-corrected chi connectivity index (χ2v) is 5.32. The number of nitrogens with zero attached hydrogens (tertiary/aromatic N) is 1. The molecule has 0 spiro atoms. The van der Waals surface area contributed by atoms with Crippen LogP contribution in [0.15, 0.2) is 4.79 Å². The largest absolute Gasteiger partial charge is 0.388 e. The Balaban J connectivity index is 2.22. The molecule has 0 unspecified atom stereocenters. The van der Waals surface area contributed by atoms with E-state index in [0.29, 0.717) is 31.2 Å². The zero-order valence-electron chi connectivity index (χ0n) is 12.0. The number of hydrogen-bond acceptors (Lipinski definition) is 4. The van der Waals surface area contributed by atoms with Gasteiger partial charge in [-0.25, -0.2) is 5.10 Å². The summed E-state index contributed by atoms with van der Waals surface area (Å²) >= 11 is 0. The molecule has 0 bridgehead atoms. The zero-order chi connectivity index (χ0) is 14.8. The molecule has 3 N–H and O–H groups in total. The van der Waals surface area contributed by atoms with Crippen LogP contribution in [0.3, 0.4) is 0 Å². The van der Waals surface area contributed by atoms with Gasteiger partial charge in [-0.1, -0.05) is 13.8 Å². The van der Waals surface area contributed by atoms with E-state index in [1.807, 2.05) is 13.8 Å². The lowest BCUT2D eigenvalue weighted by atomic mass is 9.80. The minimum absolute atomic E-state index is 0.127. The lowest BCUT2D eigenvalue weighted by Crippen LogP contribution is -2.48. The van der Waals surface area contributed by atoms with Gasteiger partial charge in [0, 0.05) is 6.54 Å². The summed E-state index contributed by atoms with van der Waals surface area (Å²) in [5.41, 5.74) is 0.281. The standard InChI is InChI=1S/C14H21N3O3/c1-3-9-10(4-2)16-17-13(19)11(9)12(18)15-8-14(20)6-5-7-14/h20H,3-8H2,1-2H3,(H,15,18)(H,17,19). The number of rotatable bonds is 5. The summed E-state index contributed by atoms with van der Waals surface area (Å²) in [6, 6.07) is 0. The van der Waals surface area contributed by atoms with Crippen molar-refractivity contribution in [2.75, 3.05) is 6.54 Å². The molecular weight excluding hydrogens is 258 g/mol.